The SMILES string of the molecule is COc1ccc(CN2Cc3c(ccc(C)c3N(C)C)N3CC(=O)N=C23)cc1. The fourth-order valence-corrected chi connectivity index (χ4v) is 3.96. The molecule has 6 nitrogen and oxygen atoms in total. The zero-order valence-corrected chi connectivity index (χ0v) is 16.2. The molecular formula is C21H24N4O2. The minimum atomic E-state index is -0.0930. The van der Waals surface area contributed by atoms with Crippen molar-refractivity contribution in [1.29, 1.82) is 0 Å². The highest BCUT2D eigenvalue weighted by molar-refractivity contribution is 6.13. The third-order valence-electron chi connectivity index (χ3n) is 5.12. The quantitative estimate of drug-likeness (QED) is 0.835. The van der Waals surface area contributed by atoms with Crippen molar-refractivity contribution in [3.8, 4) is 5.75 Å². The van der Waals surface area contributed by atoms with Gasteiger partial charge in [0.05, 0.1) is 19.3 Å². The number of hydrogen-bond acceptors (Lipinski definition) is 5. The molecule has 0 unspecified atom stereocenters. The van der Waals surface area contributed by atoms with E-state index in [-0.39, 0.29) is 5.91 Å². The molecule has 2 aliphatic heterocycles. The molecule has 0 bridgehead atoms. The summed E-state index contributed by atoms with van der Waals surface area (Å²) in [5.74, 6) is 1.49. The maximum atomic E-state index is 12.1. The van der Waals surface area contributed by atoms with Crippen LogP contribution in [0.5, 0.6) is 5.75 Å². The zero-order valence-electron chi connectivity index (χ0n) is 16.2. The van der Waals surface area contributed by atoms with Crippen molar-refractivity contribution >= 4 is 23.2 Å². The van der Waals surface area contributed by atoms with Crippen LogP contribution in [0.1, 0.15) is 16.7 Å². The Hall–Kier alpha value is -3.02. The van der Waals surface area contributed by atoms with Gasteiger partial charge in [0.1, 0.15) is 12.3 Å². The minimum absolute atomic E-state index is 0.0930. The first-order chi connectivity index (χ1) is 13.0. The molecular weight excluding hydrogens is 340 g/mol. The highest BCUT2D eigenvalue weighted by Crippen LogP contribution is 2.39. The molecule has 1 amide bonds. The summed E-state index contributed by atoms with van der Waals surface area (Å²) in [7, 11) is 5.79. The van der Waals surface area contributed by atoms with Crippen LogP contribution in [0.15, 0.2) is 41.4 Å². The Bertz CT molecular complexity index is 919. The third kappa shape index (κ3) is 3.01. The average molecular weight is 364 g/mol. The lowest BCUT2D eigenvalue weighted by molar-refractivity contribution is -0.115. The Kier molecular flexibility index (Phi) is 4.26. The van der Waals surface area contributed by atoms with Gasteiger partial charge in [-0.05, 0) is 36.2 Å². The highest BCUT2D eigenvalue weighted by Gasteiger charge is 2.36. The zero-order chi connectivity index (χ0) is 19.1. The van der Waals surface area contributed by atoms with Gasteiger partial charge in [-0.1, -0.05) is 18.2 Å². The minimum Gasteiger partial charge on any atom is -0.497 e. The molecule has 2 aromatic rings. The van der Waals surface area contributed by atoms with Crippen LogP contribution < -0.4 is 14.5 Å². The fourth-order valence-electron chi connectivity index (χ4n) is 3.96. The predicted octanol–water partition coefficient (Wildman–Crippen LogP) is 2.79. The summed E-state index contributed by atoms with van der Waals surface area (Å²) in [6, 6.07) is 12.3. The molecule has 2 heterocycles. The van der Waals surface area contributed by atoms with Crippen molar-refractivity contribution in [2.45, 2.75) is 20.0 Å². The molecule has 27 heavy (non-hydrogen) atoms. The van der Waals surface area contributed by atoms with E-state index in [1.165, 1.54) is 16.8 Å². The van der Waals surface area contributed by atoms with Crippen molar-refractivity contribution in [3.63, 3.8) is 0 Å². The second-order valence-electron chi connectivity index (χ2n) is 7.22. The number of anilines is 2. The van der Waals surface area contributed by atoms with E-state index in [9.17, 15) is 4.79 Å². The second-order valence-corrected chi connectivity index (χ2v) is 7.22. The number of carbonyl (C=O) groups is 1. The first-order valence-electron chi connectivity index (χ1n) is 9.04. The van der Waals surface area contributed by atoms with Gasteiger partial charge < -0.3 is 19.4 Å². The molecule has 140 valence electrons. The molecule has 0 N–H and O–H groups in total. The molecule has 0 saturated heterocycles. The van der Waals surface area contributed by atoms with Crippen molar-refractivity contribution in [2.75, 3.05) is 37.5 Å². The topological polar surface area (TPSA) is 48.4 Å². The number of rotatable bonds is 4. The molecule has 2 aromatic carbocycles. The second kappa shape index (κ2) is 6.61. The molecule has 0 aromatic heterocycles. The van der Waals surface area contributed by atoms with Gasteiger partial charge in [-0.2, -0.15) is 4.99 Å². The van der Waals surface area contributed by atoms with E-state index < -0.39 is 0 Å². The summed E-state index contributed by atoms with van der Waals surface area (Å²) in [5.41, 5.74) is 5.92. The Morgan fingerprint density at radius 2 is 1.85 bits per heavy atom. The van der Waals surface area contributed by atoms with E-state index in [0.29, 0.717) is 13.1 Å². The Morgan fingerprint density at radius 3 is 2.52 bits per heavy atom. The van der Waals surface area contributed by atoms with E-state index in [1.807, 2.05) is 17.0 Å². The van der Waals surface area contributed by atoms with Crippen LogP contribution in [-0.2, 0) is 17.9 Å². The summed E-state index contributed by atoms with van der Waals surface area (Å²) < 4.78 is 5.25. The molecule has 2 aliphatic rings. The number of methoxy groups -OCH3 is 1. The van der Waals surface area contributed by atoms with E-state index >= 15 is 0 Å². The first-order valence-corrected chi connectivity index (χ1v) is 9.04. The van der Waals surface area contributed by atoms with Gasteiger partial charge in [-0.3, -0.25) is 4.79 Å². The largest absolute Gasteiger partial charge is 0.497 e. The first kappa shape index (κ1) is 17.4. The molecule has 6 heteroatoms. The average Bonchev–Trinajstić information content (AvgIpc) is 3.04. The van der Waals surface area contributed by atoms with Gasteiger partial charge >= 0.3 is 0 Å². The van der Waals surface area contributed by atoms with Crippen molar-refractivity contribution in [3.05, 3.63) is 53.1 Å². The number of fused-ring (bicyclic) bond motifs is 3. The summed E-state index contributed by atoms with van der Waals surface area (Å²) in [5, 5.41) is 0. The van der Waals surface area contributed by atoms with Crippen LogP contribution in [0.3, 0.4) is 0 Å². The lowest BCUT2D eigenvalue weighted by Gasteiger charge is -2.39. The van der Waals surface area contributed by atoms with E-state index in [1.54, 1.807) is 7.11 Å². The lowest BCUT2D eigenvalue weighted by atomic mass is 10.0. The van der Waals surface area contributed by atoms with Crippen LogP contribution >= 0.6 is 0 Å². The maximum Gasteiger partial charge on any atom is 0.268 e. The van der Waals surface area contributed by atoms with Crippen molar-refractivity contribution in [2.24, 2.45) is 4.99 Å². The van der Waals surface area contributed by atoms with Gasteiger partial charge in [-0.25, -0.2) is 0 Å². The smallest absolute Gasteiger partial charge is 0.268 e. The van der Waals surface area contributed by atoms with Crippen LogP contribution in [0, 0.1) is 6.92 Å². The van der Waals surface area contributed by atoms with Crippen LogP contribution in [0.2, 0.25) is 0 Å². The number of carbonyl (C=O) groups excluding carboxylic acids is 1. The van der Waals surface area contributed by atoms with Crippen LogP contribution in [-0.4, -0.2) is 44.5 Å². The molecule has 0 fully saturated rings. The molecule has 0 spiro atoms. The number of nitrogens with zero attached hydrogens (tertiary/aromatic N) is 4. The summed E-state index contributed by atoms with van der Waals surface area (Å²) in [6.45, 7) is 3.84. The summed E-state index contributed by atoms with van der Waals surface area (Å²) >= 11 is 0. The van der Waals surface area contributed by atoms with Gasteiger partial charge in [0.25, 0.3) is 5.91 Å². The molecule has 0 aliphatic carbocycles. The Balaban J connectivity index is 1.74. The Labute approximate surface area is 159 Å². The van der Waals surface area contributed by atoms with Gasteiger partial charge in [0.15, 0.2) is 0 Å². The number of aryl methyl sites for hydroxylation is 1. The number of aliphatic imine (C=N–C) groups is 1. The van der Waals surface area contributed by atoms with Crippen molar-refractivity contribution < 1.29 is 9.53 Å². The van der Waals surface area contributed by atoms with E-state index in [0.717, 1.165) is 29.5 Å². The monoisotopic (exact) mass is 364 g/mol. The van der Waals surface area contributed by atoms with Crippen LogP contribution in [0.25, 0.3) is 0 Å². The van der Waals surface area contributed by atoms with Gasteiger partial charge in [-0.15, -0.1) is 0 Å². The summed E-state index contributed by atoms with van der Waals surface area (Å²) in [6.07, 6.45) is 0. The third-order valence-corrected chi connectivity index (χ3v) is 5.12. The highest BCUT2D eigenvalue weighted by atomic mass is 16.5. The maximum absolute atomic E-state index is 12.1. The standard InChI is InChI=1S/C21H24N4O2/c1-14-5-10-18-17(20(14)23(2)3)12-24(21-22-19(26)13-25(18)21)11-15-6-8-16(27-4)9-7-15/h5-10H,11-13H2,1-4H3. The number of hydrogen-bond donors (Lipinski definition) is 0. The number of benzene rings is 2. The fraction of sp³-hybridized carbons (Fsp3) is 0.333. The lowest BCUT2D eigenvalue weighted by Crippen LogP contribution is -2.46. The van der Waals surface area contributed by atoms with E-state index in [4.69, 9.17) is 4.74 Å². The van der Waals surface area contributed by atoms with Gasteiger partial charge in [0.2, 0.25) is 5.96 Å². The molecule has 0 atom stereocenters. The molecule has 4 rings (SSSR count). The van der Waals surface area contributed by atoms with Crippen molar-refractivity contribution in [1.82, 2.24) is 4.90 Å². The van der Waals surface area contributed by atoms with Gasteiger partial charge in [0, 0.05) is 31.9 Å². The number of guanidine groups is 1. The molecule has 0 radical (unpaired) electrons. The van der Waals surface area contributed by atoms with E-state index in [2.05, 4.69) is 60.1 Å². The van der Waals surface area contributed by atoms with Crippen LogP contribution in [0.4, 0.5) is 11.4 Å². The number of ether oxygens (including phenoxy) is 1. The summed E-state index contributed by atoms with van der Waals surface area (Å²) in [4.78, 5) is 22.8. The predicted molar refractivity (Wildman–Crippen MR) is 108 cm³/mol. The Morgan fingerprint density at radius 1 is 1.11 bits per heavy atom. The molecule has 0 saturated carbocycles. The normalized spacial score (nSPS) is 15.4. The number of amides is 1.